The Morgan fingerprint density at radius 1 is 1.48 bits per heavy atom. The van der Waals surface area contributed by atoms with Gasteiger partial charge in [0.2, 0.25) is 5.91 Å². The molecule has 2 fully saturated rings. The maximum atomic E-state index is 11.5. The summed E-state index contributed by atoms with van der Waals surface area (Å²) >= 11 is 0. The van der Waals surface area contributed by atoms with Crippen molar-refractivity contribution >= 4 is 5.91 Å². The molecule has 1 aromatic rings. The molecule has 1 atom stereocenters. The Morgan fingerprint density at radius 3 is 2.76 bits per heavy atom. The normalized spacial score (nSPS) is 22.3. The van der Waals surface area contributed by atoms with Crippen LogP contribution in [-0.2, 0) is 10.3 Å². The number of nitrogens with one attached hydrogen (secondary N) is 1. The van der Waals surface area contributed by atoms with E-state index in [-0.39, 0.29) is 11.9 Å². The number of hydrogen-bond donors (Lipinski definition) is 1. The molecule has 1 heterocycles. The molecular formula is C15H21N5O. The van der Waals surface area contributed by atoms with Gasteiger partial charge in [0, 0.05) is 6.92 Å². The van der Waals surface area contributed by atoms with Gasteiger partial charge in [-0.3, -0.25) is 4.79 Å². The SMILES string of the molecule is CC(=O)N[C@H](c1cn(C2(C#N)CC2)nn1)C1CCCCC1. The number of rotatable bonds is 4. The van der Waals surface area contributed by atoms with E-state index in [4.69, 9.17) is 0 Å². The maximum Gasteiger partial charge on any atom is 0.217 e. The first kappa shape index (κ1) is 14.1. The summed E-state index contributed by atoms with van der Waals surface area (Å²) in [6, 6.07) is 2.24. The van der Waals surface area contributed by atoms with Crippen LogP contribution in [0.25, 0.3) is 0 Å². The average Bonchev–Trinajstić information content (AvgIpc) is 3.15. The molecule has 0 radical (unpaired) electrons. The molecule has 1 N–H and O–H groups in total. The van der Waals surface area contributed by atoms with Crippen molar-refractivity contribution in [2.45, 2.75) is 63.5 Å². The average molecular weight is 287 g/mol. The first-order valence-electron chi connectivity index (χ1n) is 7.76. The summed E-state index contributed by atoms with van der Waals surface area (Å²) in [5, 5.41) is 20.7. The molecule has 2 saturated carbocycles. The minimum atomic E-state index is -0.488. The topological polar surface area (TPSA) is 83.6 Å². The first-order chi connectivity index (χ1) is 10.1. The number of nitrogens with zero attached hydrogens (tertiary/aromatic N) is 4. The summed E-state index contributed by atoms with van der Waals surface area (Å²) in [5.74, 6) is 0.381. The van der Waals surface area contributed by atoms with E-state index in [9.17, 15) is 10.1 Å². The molecule has 2 aliphatic rings. The highest BCUT2D eigenvalue weighted by molar-refractivity contribution is 5.73. The molecule has 0 bridgehead atoms. The van der Waals surface area contributed by atoms with Crippen LogP contribution >= 0.6 is 0 Å². The Kier molecular flexibility index (Phi) is 3.66. The van der Waals surface area contributed by atoms with Gasteiger partial charge in [0.1, 0.15) is 5.69 Å². The lowest BCUT2D eigenvalue weighted by atomic mass is 9.83. The second kappa shape index (κ2) is 5.47. The van der Waals surface area contributed by atoms with E-state index in [1.165, 1.54) is 26.2 Å². The van der Waals surface area contributed by atoms with Crippen LogP contribution in [0.5, 0.6) is 0 Å². The van der Waals surface area contributed by atoms with Crippen LogP contribution in [0, 0.1) is 17.2 Å². The van der Waals surface area contributed by atoms with Gasteiger partial charge in [0.05, 0.1) is 18.3 Å². The van der Waals surface area contributed by atoms with Crippen molar-refractivity contribution in [3.63, 3.8) is 0 Å². The van der Waals surface area contributed by atoms with E-state index in [2.05, 4.69) is 21.7 Å². The third-order valence-electron chi connectivity index (χ3n) is 4.68. The van der Waals surface area contributed by atoms with Crippen molar-refractivity contribution in [2.75, 3.05) is 0 Å². The van der Waals surface area contributed by atoms with Gasteiger partial charge in [-0.25, -0.2) is 4.68 Å². The van der Waals surface area contributed by atoms with Crippen LogP contribution in [-0.4, -0.2) is 20.9 Å². The van der Waals surface area contributed by atoms with Gasteiger partial charge in [-0.1, -0.05) is 24.5 Å². The minimum absolute atomic E-state index is 0.0402. The molecule has 0 unspecified atom stereocenters. The van der Waals surface area contributed by atoms with Crippen molar-refractivity contribution in [1.29, 1.82) is 5.26 Å². The highest BCUT2D eigenvalue weighted by atomic mass is 16.1. The molecule has 6 heteroatoms. The molecule has 2 aliphatic carbocycles. The number of amides is 1. The van der Waals surface area contributed by atoms with Crippen LogP contribution in [0.1, 0.15) is 63.6 Å². The molecule has 0 aliphatic heterocycles. The summed E-state index contributed by atoms with van der Waals surface area (Å²) in [6.45, 7) is 1.54. The summed E-state index contributed by atoms with van der Waals surface area (Å²) in [4.78, 5) is 11.5. The zero-order valence-corrected chi connectivity index (χ0v) is 12.4. The quantitative estimate of drug-likeness (QED) is 0.918. The zero-order chi connectivity index (χ0) is 14.9. The second-order valence-corrected chi connectivity index (χ2v) is 6.31. The number of carbonyl (C=O) groups is 1. The largest absolute Gasteiger partial charge is 0.348 e. The molecule has 1 amide bonds. The third kappa shape index (κ3) is 2.78. The fraction of sp³-hybridized carbons (Fsp3) is 0.733. The minimum Gasteiger partial charge on any atom is -0.348 e. The molecule has 112 valence electrons. The van der Waals surface area contributed by atoms with Crippen molar-refractivity contribution < 1.29 is 4.79 Å². The fourth-order valence-electron chi connectivity index (χ4n) is 3.26. The Balaban J connectivity index is 1.82. The predicted octanol–water partition coefficient (Wildman–Crippen LogP) is 2.05. The van der Waals surface area contributed by atoms with Crippen LogP contribution in [0.4, 0.5) is 0 Å². The monoisotopic (exact) mass is 287 g/mol. The van der Waals surface area contributed by atoms with Gasteiger partial charge in [-0.2, -0.15) is 5.26 Å². The smallest absolute Gasteiger partial charge is 0.217 e. The standard InChI is InChI=1S/C15H21N5O/c1-11(21)17-14(12-5-3-2-4-6-12)13-9-20(19-18-13)15(10-16)7-8-15/h9,12,14H,2-8H2,1H3,(H,17,21)/t14-/m0/s1. The van der Waals surface area contributed by atoms with Crippen LogP contribution in [0.2, 0.25) is 0 Å². The van der Waals surface area contributed by atoms with Gasteiger partial charge in [-0.15, -0.1) is 5.10 Å². The molecule has 1 aromatic heterocycles. The van der Waals surface area contributed by atoms with Gasteiger partial charge >= 0.3 is 0 Å². The Morgan fingerprint density at radius 2 is 2.19 bits per heavy atom. The molecule has 0 spiro atoms. The lowest BCUT2D eigenvalue weighted by Gasteiger charge is -2.29. The van der Waals surface area contributed by atoms with Crippen LogP contribution in [0.15, 0.2) is 6.20 Å². The van der Waals surface area contributed by atoms with E-state index < -0.39 is 5.54 Å². The van der Waals surface area contributed by atoms with Crippen molar-refractivity contribution in [1.82, 2.24) is 20.3 Å². The Hall–Kier alpha value is -1.90. The Labute approximate surface area is 124 Å². The summed E-state index contributed by atoms with van der Waals surface area (Å²) in [6.07, 6.45) is 9.43. The summed E-state index contributed by atoms with van der Waals surface area (Å²) < 4.78 is 1.68. The van der Waals surface area contributed by atoms with E-state index >= 15 is 0 Å². The molecule has 0 aromatic carbocycles. The van der Waals surface area contributed by atoms with E-state index in [1.807, 2.05) is 6.20 Å². The molecule has 21 heavy (non-hydrogen) atoms. The van der Waals surface area contributed by atoms with Crippen molar-refractivity contribution in [3.05, 3.63) is 11.9 Å². The number of nitriles is 1. The first-order valence-corrected chi connectivity index (χ1v) is 7.76. The number of aromatic nitrogens is 3. The molecule has 6 nitrogen and oxygen atoms in total. The van der Waals surface area contributed by atoms with Crippen LogP contribution < -0.4 is 5.32 Å². The summed E-state index contributed by atoms with van der Waals surface area (Å²) in [7, 11) is 0. The van der Waals surface area contributed by atoms with E-state index in [1.54, 1.807) is 4.68 Å². The fourth-order valence-corrected chi connectivity index (χ4v) is 3.26. The van der Waals surface area contributed by atoms with Gasteiger partial charge in [-0.05, 0) is 31.6 Å². The number of hydrogen-bond acceptors (Lipinski definition) is 4. The summed E-state index contributed by atoms with van der Waals surface area (Å²) in [5.41, 5.74) is 0.303. The van der Waals surface area contributed by atoms with E-state index in [0.29, 0.717) is 5.92 Å². The number of carbonyl (C=O) groups excluding carboxylic acids is 1. The van der Waals surface area contributed by atoms with Crippen LogP contribution in [0.3, 0.4) is 0 Å². The van der Waals surface area contributed by atoms with Crippen molar-refractivity contribution in [2.24, 2.45) is 5.92 Å². The van der Waals surface area contributed by atoms with Gasteiger partial charge < -0.3 is 5.32 Å². The Bertz CT molecular complexity index is 563. The molecule has 3 rings (SSSR count). The third-order valence-corrected chi connectivity index (χ3v) is 4.68. The van der Waals surface area contributed by atoms with Gasteiger partial charge in [0.15, 0.2) is 5.54 Å². The highest BCUT2D eigenvalue weighted by Gasteiger charge is 2.47. The maximum absolute atomic E-state index is 11.5. The lowest BCUT2D eigenvalue weighted by molar-refractivity contribution is -0.120. The lowest BCUT2D eigenvalue weighted by Crippen LogP contribution is -2.33. The second-order valence-electron chi connectivity index (χ2n) is 6.31. The molecular weight excluding hydrogens is 266 g/mol. The predicted molar refractivity (Wildman–Crippen MR) is 76.0 cm³/mol. The zero-order valence-electron chi connectivity index (χ0n) is 12.4. The molecule has 0 saturated heterocycles. The van der Waals surface area contributed by atoms with Gasteiger partial charge in [0.25, 0.3) is 0 Å². The van der Waals surface area contributed by atoms with Crippen molar-refractivity contribution in [3.8, 4) is 6.07 Å². The highest BCUT2D eigenvalue weighted by Crippen LogP contribution is 2.42. The van der Waals surface area contributed by atoms with E-state index in [0.717, 1.165) is 31.4 Å².